The minimum absolute atomic E-state index is 0.130. The molecule has 1 aliphatic rings. The molecule has 0 aromatic carbocycles. The maximum absolute atomic E-state index is 13.5. The van der Waals surface area contributed by atoms with E-state index in [1.54, 1.807) is 6.08 Å². The molecule has 0 bridgehead atoms. The molecule has 1 saturated heterocycles. The van der Waals surface area contributed by atoms with E-state index in [9.17, 15) is 35.1 Å². The predicted molar refractivity (Wildman–Crippen MR) is 338 cm³/mol. The number of esters is 1. The Morgan fingerprint density at radius 3 is 1.20 bits per heavy atom. The summed E-state index contributed by atoms with van der Waals surface area (Å²) in [4.78, 5) is 26.6. The molecule has 0 aromatic heterocycles. The summed E-state index contributed by atoms with van der Waals surface area (Å²) in [5.74, 6) is -1.18. The van der Waals surface area contributed by atoms with Crippen molar-refractivity contribution in [3.05, 3.63) is 24.3 Å². The summed E-state index contributed by atoms with van der Waals surface area (Å²) < 4.78 is 17.7. The Labute approximate surface area is 499 Å². The highest BCUT2D eigenvalue weighted by Crippen LogP contribution is 2.26. The van der Waals surface area contributed by atoms with Gasteiger partial charge in [-0.05, 0) is 51.4 Å². The Hall–Kier alpha value is -1.86. The van der Waals surface area contributed by atoms with Gasteiger partial charge in [-0.25, -0.2) is 0 Å². The number of ether oxygens (including phenoxy) is 3. The van der Waals surface area contributed by atoms with Crippen LogP contribution in [0.3, 0.4) is 0 Å². The molecule has 0 spiro atoms. The van der Waals surface area contributed by atoms with E-state index < -0.39 is 67.4 Å². The highest BCUT2D eigenvalue weighted by molar-refractivity contribution is 5.80. The summed E-state index contributed by atoms with van der Waals surface area (Å²) in [6.45, 7) is 5.83. The number of nitrogens with one attached hydrogen (secondary N) is 1. The fourth-order valence-electron chi connectivity index (χ4n) is 11.3. The molecule has 6 N–H and O–H groups in total. The molecular weight excluding hydrogens is 1010 g/mol. The van der Waals surface area contributed by atoms with E-state index in [0.717, 1.165) is 57.8 Å². The molecular formula is C70H133NO10. The van der Waals surface area contributed by atoms with Crippen LogP contribution in [0, 0.1) is 0 Å². The first-order chi connectivity index (χ1) is 39.7. The van der Waals surface area contributed by atoms with Crippen LogP contribution >= 0.6 is 0 Å². The lowest BCUT2D eigenvalue weighted by molar-refractivity contribution is -0.305. The number of allylic oxidation sites excluding steroid dienone is 3. The van der Waals surface area contributed by atoms with Crippen molar-refractivity contribution in [2.75, 3.05) is 13.2 Å². The lowest BCUT2D eigenvalue weighted by atomic mass is 9.99. The molecule has 1 heterocycles. The zero-order valence-electron chi connectivity index (χ0n) is 53.2. The summed E-state index contributed by atoms with van der Waals surface area (Å²) in [6.07, 6.45) is 59.4. The third kappa shape index (κ3) is 46.1. The molecule has 1 fully saturated rings. The largest absolute Gasteiger partial charge is 0.454 e. The molecule has 0 aromatic rings. The Morgan fingerprint density at radius 2 is 0.815 bits per heavy atom. The molecule has 11 heteroatoms. The monoisotopic (exact) mass is 1150 g/mol. The van der Waals surface area contributed by atoms with Gasteiger partial charge in [0.15, 0.2) is 12.4 Å². The number of aliphatic hydroxyl groups is 5. The molecule has 1 rings (SSSR count). The normalized spacial score (nSPS) is 18.7. The summed E-state index contributed by atoms with van der Waals surface area (Å²) in [6, 6.07) is -1.02. The number of amides is 1. The van der Waals surface area contributed by atoms with Crippen molar-refractivity contribution in [3.63, 3.8) is 0 Å². The van der Waals surface area contributed by atoms with Gasteiger partial charge >= 0.3 is 5.97 Å². The number of unbranched alkanes of at least 4 members (excludes halogenated alkanes) is 45. The van der Waals surface area contributed by atoms with Crippen molar-refractivity contribution in [2.45, 2.75) is 397 Å². The fraction of sp³-hybridized carbons (Fsp3) is 0.914. The maximum Gasteiger partial charge on any atom is 0.306 e. The number of carbonyl (C=O) groups excluding carboxylic acids is 2. The van der Waals surface area contributed by atoms with Gasteiger partial charge in [-0.3, -0.25) is 9.59 Å². The van der Waals surface area contributed by atoms with Gasteiger partial charge < -0.3 is 45.1 Å². The molecule has 1 aliphatic heterocycles. The van der Waals surface area contributed by atoms with Gasteiger partial charge in [0.1, 0.15) is 24.4 Å². The minimum atomic E-state index is -1.61. The van der Waals surface area contributed by atoms with Gasteiger partial charge in [-0.15, -0.1) is 0 Å². The van der Waals surface area contributed by atoms with Crippen LogP contribution in [0.2, 0.25) is 0 Å². The minimum Gasteiger partial charge on any atom is -0.454 e. The van der Waals surface area contributed by atoms with E-state index in [2.05, 4.69) is 38.2 Å². The topological polar surface area (TPSA) is 175 Å². The standard InChI is InChI=1S/C70H133NO10/c1-4-7-10-13-16-19-22-24-26-28-29-30-31-32-33-34-36-37-39-42-45-48-51-54-57-63(74)69(78)71-61(62(73)56-53-50-47-44-41-21-18-15-12-9-6-3)60-79-70-68(67(77)66(76)64(59-72)80-70)81-65(75)58-55-52-49-46-43-40-38-35-27-25-23-20-17-14-11-8-5-2/h24,26,53,56,61-64,66-68,70,72-74,76-77H,4-23,25,27-52,54-55,57-60H2,1-3H3,(H,71,78)/b26-24+,56-53+. The lowest BCUT2D eigenvalue weighted by Gasteiger charge is -2.41. The zero-order chi connectivity index (χ0) is 58.9. The van der Waals surface area contributed by atoms with Crippen LogP contribution in [0.25, 0.3) is 0 Å². The van der Waals surface area contributed by atoms with Crippen LogP contribution in [-0.4, -0.2) is 99.6 Å². The van der Waals surface area contributed by atoms with E-state index in [0.29, 0.717) is 19.3 Å². The third-order valence-corrected chi connectivity index (χ3v) is 16.9. The van der Waals surface area contributed by atoms with Crippen LogP contribution < -0.4 is 5.32 Å². The lowest BCUT2D eigenvalue weighted by Crippen LogP contribution is -2.61. The average Bonchev–Trinajstić information content (AvgIpc) is 3.50. The second-order valence-corrected chi connectivity index (χ2v) is 24.6. The smallest absolute Gasteiger partial charge is 0.306 e. The van der Waals surface area contributed by atoms with E-state index in [-0.39, 0.29) is 13.0 Å². The first kappa shape index (κ1) is 77.2. The molecule has 8 atom stereocenters. The van der Waals surface area contributed by atoms with E-state index in [1.165, 1.54) is 244 Å². The van der Waals surface area contributed by atoms with Gasteiger partial charge in [-0.1, -0.05) is 315 Å². The SMILES string of the molecule is CCCCCCCC/C=C/CCCCCCCCCCCCCCCCC(O)C(=O)NC(COC1OC(CO)C(O)C(O)C1OC(=O)CCCCCCCCCCCCCCCCCCC)C(O)/C=C/CCCCCCCCCCC. The van der Waals surface area contributed by atoms with Crippen molar-refractivity contribution in [3.8, 4) is 0 Å². The Kier molecular flexibility index (Phi) is 55.7. The van der Waals surface area contributed by atoms with E-state index in [1.807, 2.05) is 6.08 Å². The number of hydrogen-bond acceptors (Lipinski definition) is 10. The number of aliphatic hydroxyl groups excluding tert-OH is 5. The van der Waals surface area contributed by atoms with Crippen molar-refractivity contribution < 1.29 is 49.3 Å². The molecule has 0 saturated carbocycles. The van der Waals surface area contributed by atoms with Crippen LogP contribution in [0.1, 0.15) is 348 Å². The van der Waals surface area contributed by atoms with Gasteiger partial charge in [0.25, 0.3) is 0 Å². The summed E-state index contributed by atoms with van der Waals surface area (Å²) >= 11 is 0. The average molecular weight is 1150 g/mol. The second-order valence-electron chi connectivity index (χ2n) is 24.6. The van der Waals surface area contributed by atoms with Gasteiger partial charge in [-0.2, -0.15) is 0 Å². The van der Waals surface area contributed by atoms with Crippen LogP contribution in [-0.2, 0) is 23.8 Å². The van der Waals surface area contributed by atoms with Crippen molar-refractivity contribution in [1.29, 1.82) is 0 Å². The van der Waals surface area contributed by atoms with Crippen LogP contribution in [0.5, 0.6) is 0 Å². The molecule has 11 nitrogen and oxygen atoms in total. The number of carbonyl (C=O) groups is 2. The van der Waals surface area contributed by atoms with E-state index in [4.69, 9.17) is 14.2 Å². The fourth-order valence-corrected chi connectivity index (χ4v) is 11.3. The second kappa shape index (κ2) is 58.5. The van der Waals surface area contributed by atoms with Crippen LogP contribution in [0.15, 0.2) is 24.3 Å². The summed E-state index contributed by atoms with van der Waals surface area (Å²) in [5, 5.41) is 57.1. The van der Waals surface area contributed by atoms with Crippen molar-refractivity contribution in [2.24, 2.45) is 0 Å². The quantitative estimate of drug-likeness (QED) is 0.0195. The first-order valence-electron chi connectivity index (χ1n) is 35.1. The van der Waals surface area contributed by atoms with Crippen LogP contribution in [0.4, 0.5) is 0 Å². The first-order valence-corrected chi connectivity index (χ1v) is 35.1. The summed E-state index contributed by atoms with van der Waals surface area (Å²) in [7, 11) is 0. The summed E-state index contributed by atoms with van der Waals surface area (Å²) in [5.41, 5.74) is 0. The Balaban J connectivity index is 2.55. The molecule has 0 radical (unpaired) electrons. The van der Waals surface area contributed by atoms with Crippen molar-refractivity contribution in [1.82, 2.24) is 5.32 Å². The van der Waals surface area contributed by atoms with Gasteiger partial charge in [0.2, 0.25) is 5.91 Å². The predicted octanol–water partition coefficient (Wildman–Crippen LogP) is 17.6. The molecule has 0 aliphatic carbocycles. The third-order valence-electron chi connectivity index (χ3n) is 16.9. The highest BCUT2D eigenvalue weighted by atomic mass is 16.7. The zero-order valence-corrected chi connectivity index (χ0v) is 53.2. The Morgan fingerprint density at radius 1 is 0.469 bits per heavy atom. The maximum atomic E-state index is 13.5. The number of hydrogen-bond donors (Lipinski definition) is 6. The molecule has 478 valence electrons. The van der Waals surface area contributed by atoms with Gasteiger partial charge in [0, 0.05) is 6.42 Å². The molecule has 1 amide bonds. The van der Waals surface area contributed by atoms with E-state index >= 15 is 0 Å². The highest BCUT2D eigenvalue weighted by Gasteiger charge is 2.47. The molecule has 8 unspecified atom stereocenters. The molecule has 81 heavy (non-hydrogen) atoms. The van der Waals surface area contributed by atoms with Crippen molar-refractivity contribution >= 4 is 11.9 Å². The number of rotatable bonds is 61. The Bertz CT molecular complexity index is 1410. The van der Waals surface area contributed by atoms with Gasteiger partial charge in [0.05, 0.1) is 25.4 Å².